The molecule has 1 saturated heterocycles. The van der Waals surface area contributed by atoms with Crippen molar-refractivity contribution < 1.29 is 18.3 Å². The van der Waals surface area contributed by atoms with Crippen molar-refractivity contribution in [3.8, 4) is 5.75 Å². The van der Waals surface area contributed by atoms with Crippen LogP contribution in [0.5, 0.6) is 5.75 Å². The van der Waals surface area contributed by atoms with Crippen LogP contribution in [0.15, 0.2) is 27.6 Å². The van der Waals surface area contributed by atoms with Crippen molar-refractivity contribution in [2.24, 2.45) is 11.8 Å². The van der Waals surface area contributed by atoms with Crippen LogP contribution in [0.2, 0.25) is 0 Å². The van der Waals surface area contributed by atoms with Gasteiger partial charge in [0, 0.05) is 25.8 Å². The van der Waals surface area contributed by atoms with Crippen molar-refractivity contribution in [2.45, 2.75) is 11.8 Å². The summed E-state index contributed by atoms with van der Waals surface area (Å²) in [6.45, 7) is 2.76. The van der Waals surface area contributed by atoms with Crippen LogP contribution in [0, 0.1) is 11.8 Å². The Balaban J connectivity index is 2.32. The lowest BCUT2D eigenvalue weighted by molar-refractivity contribution is 0.210. The molecule has 0 spiro atoms. The van der Waals surface area contributed by atoms with E-state index >= 15 is 0 Å². The summed E-state index contributed by atoms with van der Waals surface area (Å²) >= 11 is 3.30. The molecule has 0 aliphatic carbocycles. The van der Waals surface area contributed by atoms with E-state index in [9.17, 15) is 13.5 Å². The summed E-state index contributed by atoms with van der Waals surface area (Å²) in [5.74, 6) is 0.645. The number of hydrogen-bond donors (Lipinski definition) is 1. The number of nitrogens with zero attached hydrogens (tertiary/aromatic N) is 1. The molecule has 2 atom stereocenters. The predicted molar refractivity (Wildman–Crippen MR) is 79.2 cm³/mol. The van der Waals surface area contributed by atoms with Gasteiger partial charge in [0.2, 0.25) is 10.0 Å². The molecule has 1 fully saturated rings. The second-order valence-electron chi connectivity index (χ2n) is 5.04. The predicted octanol–water partition coefficient (Wildman–Crippen LogP) is 1.71. The van der Waals surface area contributed by atoms with Gasteiger partial charge in [-0.3, -0.25) is 0 Å². The van der Waals surface area contributed by atoms with Crippen LogP contribution in [0.1, 0.15) is 6.92 Å². The summed E-state index contributed by atoms with van der Waals surface area (Å²) in [6, 6.07) is 4.73. The fourth-order valence-electron chi connectivity index (χ4n) is 2.37. The van der Waals surface area contributed by atoms with Crippen molar-refractivity contribution in [2.75, 3.05) is 26.8 Å². The number of rotatable bonds is 4. The SMILES string of the molecule is COc1cc(S(=O)(=O)N2C[C@@H](CO)[C@H](C)C2)ccc1Br. The number of benzene rings is 1. The zero-order chi connectivity index (χ0) is 14.9. The maximum atomic E-state index is 12.6. The van der Waals surface area contributed by atoms with Gasteiger partial charge in [-0.05, 0) is 39.9 Å². The third-order valence-corrected chi connectivity index (χ3v) is 6.21. The Morgan fingerprint density at radius 2 is 2.15 bits per heavy atom. The molecule has 0 saturated carbocycles. The average Bonchev–Trinajstić information content (AvgIpc) is 2.81. The van der Waals surface area contributed by atoms with E-state index in [4.69, 9.17) is 4.74 Å². The van der Waals surface area contributed by atoms with Gasteiger partial charge < -0.3 is 9.84 Å². The summed E-state index contributed by atoms with van der Waals surface area (Å²) in [6.07, 6.45) is 0. The quantitative estimate of drug-likeness (QED) is 0.883. The molecule has 1 aromatic carbocycles. The summed E-state index contributed by atoms with van der Waals surface area (Å²) in [5.41, 5.74) is 0. The molecule has 0 bridgehead atoms. The lowest BCUT2D eigenvalue weighted by Crippen LogP contribution is -2.29. The van der Waals surface area contributed by atoms with Gasteiger partial charge in [0.1, 0.15) is 5.75 Å². The maximum absolute atomic E-state index is 12.6. The van der Waals surface area contributed by atoms with E-state index in [0.717, 1.165) is 0 Å². The van der Waals surface area contributed by atoms with Gasteiger partial charge in [0.05, 0.1) is 16.5 Å². The molecule has 7 heteroatoms. The van der Waals surface area contributed by atoms with Gasteiger partial charge in [-0.1, -0.05) is 6.92 Å². The van der Waals surface area contributed by atoms with E-state index in [-0.39, 0.29) is 23.3 Å². The maximum Gasteiger partial charge on any atom is 0.243 e. The molecule has 0 amide bonds. The van der Waals surface area contributed by atoms with E-state index in [1.807, 2.05) is 6.92 Å². The molecular formula is C13H18BrNO4S. The second-order valence-corrected chi connectivity index (χ2v) is 7.83. The Hall–Kier alpha value is -0.630. The first kappa shape index (κ1) is 15.8. The zero-order valence-corrected chi connectivity index (χ0v) is 13.8. The average molecular weight is 364 g/mol. The topological polar surface area (TPSA) is 66.8 Å². The van der Waals surface area contributed by atoms with Crippen LogP contribution in [-0.2, 0) is 10.0 Å². The normalized spacial score (nSPS) is 24.0. The van der Waals surface area contributed by atoms with Gasteiger partial charge in [-0.15, -0.1) is 0 Å². The third kappa shape index (κ3) is 2.86. The zero-order valence-electron chi connectivity index (χ0n) is 11.4. The number of methoxy groups -OCH3 is 1. The first-order valence-corrected chi connectivity index (χ1v) is 8.58. The molecule has 1 N–H and O–H groups in total. The minimum absolute atomic E-state index is 0.00196. The van der Waals surface area contributed by atoms with Gasteiger partial charge >= 0.3 is 0 Å². The lowest BCUT2D eigenvalue weighted by atomic mass is 10.00. The Morgan fingerprint density at radius 1 is 1.45 bits per heavy atom. The summed E-state index contributed by atoms with van der Waals surface area (Å²) < 4.78 is 32.5. The van der Waals surface area contributed by atoms with Gasteiger partial charge in [-0.25, -0.2) is 8.42 Å². The standard InChI is InChI=1S/C13H18BrNO4S/c1-9-6-15(7-10(9)8-16)20(17,18)11-3-4-12(14)13(5-11)19-2/h3-5,9-10,16H,6-8H2,1-2H3/t9-,10+/m1/s1. The van der Waals surface area contributed by atoms with E-state index < -0.39 is 10.0 Å². The second kappa shape index (κ2) is 6.01. The largest absolute Gasteiger partial charge is 0.496 e. The minimum Gasteiger partial charge on any atom is -0.496 e. The van der Waals surface area contributed by atoms with Crippen molar-refractivity contribution in [1.82, 2.24) is 4.31 Å². The molecule has 112 valence electrons. The number of halogens is 1. The van der Waals surface area contributed by atoms with Crippen LogP contribution in [0.3, 0.4) is 0 Å². The molecular weight excluding hydrogens is 346 g/mol. The highest BCUT2D eigenvalue weighted by Gasteiger charge is 2.36. The van der Waals surface area contributed by atoms with Crippen LogP contribution in [0.25, 0.3) is 0 Å². The molecule has 20 heavy (non-hydrogen) atoms. The first-order chi connectivity index (χ1) is 9.40. The van der Waals surface area contributed by atoms with Crippen molar-refractivity contribution in [3.05, 3.63) is 22.7 Å². The van der Waals surface area contributed by atoms with Crippen LogP contribution < -0.4 is 4.74 Å². The molecule has 0 aromatic heterocycles. The van der Waals surface area contributed by atoms with Crippen molar-refractivity contribution >= 4 is 26.0 Å². The summed E-state index contributed by atoms with van der Waals surface area (Å²) in [5, 5.41) is 9.26. The number of sulfonamides is 1. The van der Waals surface area contributed by atoms with Crippen molar-refractivity contribution in [3.63, 3.8) is 0 Å². The van der Waals surface area contributed by atoms with E-state index in [1.165, 1.54) is 17.5 Å². The molecule has 1 aliphatic heterocycles. The van der Waals surface area contributed by atoms with Crippen LogP contribution in [0.4, 0.5) is 0 Å². The van der Waals surface area contributed by atoms with Crippen molar-refractivity contribution in [1.29, 1.82) is 0 Å². The molecule has 1 heterocycles. The number of aliphatic hydroxyl groups is 1. The van der Waals surface area contributed by atoms with Gasteiger partial charge in [0.15, 0.2) is 0 Å². The van der Waals surface area contributed by atoms with Crippen LogP contribution in [-0.4, -0.2) is 44.6 Å². The minimum atomic E-state index is -3.54. The highest BCUT2D eigenvalue weighted by Crippen LogP contribution is 2.32. The highest BCUT2D eigenvalue weighted by atomic mass is 79.9. The highest BCUT2D eigenvalue weighted by molar-refractivity contribution is 9.10. The Morgan fingerprint density at radius 3 is 2.70 bits per heavy atom. The molecule has 1 aromatic rings. The molecule has 1 aliphatic rings. The third-order valence-electron chi connectivity index (χ3n) is 3.73. The van der Waals surface area contributed by atoms with E-state index in [2.05, 4.69) is 15.9 Å². The number of hydrogen-bond acceptors (Lipinski definition) is 4. The Kier molecular flexibility index (Phi) is 4.73. The smallest absolute Gasteiger partial charge is 0.243 e. The lowest BCUT2D eigenvalue weighted by Gasteiger charge is -2.17. The van der Waals surface area contributed by atoms with E-state index in [1.54, 1.807) is 12.1 Å². The molecule has 0 unspecified atom stereocenters. The monoisotopic (exact) mass is 363 g/mol. The summed E-state index contributed by atoms with van der Waals surface area (Å²) in [7, 11) is -2.05. The number of aliphatic hydroxyl groups excluding tert-OH is 1. The van der Waals surface area contributed by atoms with E-state index in [0.29, 0.717) is 23.3 Å². The fraction of sp³-hybridized carbons (Fsp3) is 0.538. The molecule has 5 nitrogen and oxygen atoms in total. The first-order valence-electron chi connectivity index (χ1n) is 6.34. The van der Waals surface area contributed by atoms with Gasteiger partial charge in [0.25, 0.3) is 0 Å². The summed E-state index contributed by atoms with van der Waals surface area (Å²) in [4.78, 5) is 0.211. The fourth-order valence-corrected chi connectivity index (χ4v) is 4.39. The molecule has 0 radical (unpaired) electrons. The number of ether oxygens (including phenoxy) is 1. The van der Waals surface area contributed by atoms with Crippen LogP contribution >= 0.6 is 15.9 Å². The Labute approximate surface area is 127 Å². The van der Waals surface area contributed by atoms with Gasteiger partial charge in [-0.2, -0.15) is 4.31 Å². The Bertz CT molecular complexity index is 590. The molecule has 2 rings (SSSR count).